The van der Waals surface area contributed by atoms with E-state index in [-0.39, 0.29) is 17.3 Å². The van der Waals surface area contributed by atoms with Crippen molar-refractivity contribution in [2.75, 3.05) is 6.61 Å². The Balaban J connectivity index is 2.66. The van der Waals surface area contributed by atoms with E-state index in [1.54, 1.807) is 6.92 Å². The van der Waals surface area contributed by atoms with E-state index in [9.17, 15) is 14.8 Å². The van der Waals surface area contributed by atoms with E-state index in [2.05, 4.69) is 20.9 Å². The maximum absolute atomic E-state index is 12.1. The fourth-order valence-electron chi connectivity index (χ4n) is 1.63. The summed E-state index contributed by atoms with van der Waals surface area (Å²) < 4.78 is 5.46. The second-order valence-corrected chi connectivity index (χ2v) is 4.95. The van der Waals surface area contributed by atoms with Crippen molar-refractivity contribution < 1.29 is 14.3 Å². The molecule has 2 rings (SSSR count). The predicted molar refractivity (Wildman–Crippen MR) is 70.0 cm³/mol. The number of hydrogen-bond donors (Lipinski definition) is 0. The molecule has 0 spiro atoms. The van der Waals surface area contributed by atoms with Gasteiger partial charge < -0.3 is 9.94 Å². The van der Waals surface area contributed by atoms with Gasteiger partial charge in [-0.2, -0.15) is 4.74 Å². The van der Waals surface area contributed by atoms with Crippen molar-refractivity contribution in [3.63, 3.8) is 0 Å². The molecule has 0 aliphatic carbocycles. The number of fused-ring (bicyclic) bond motifs is 1. The average molecular weight is 348 g/mol. The fourth-order valence-corrected chi connectivity index (χ4v) is 2.12. The van der Waals surface area contributed by atoms with Crippen LogP contribution in [0.2, 0.25) is 5.02 Å². The Morgan fingerprint density at radius 3 is 2.95 bits per heavy atom. The normalized spacial score (nSPS) is 17.7. The zero-order chi connectivity index (χ0) is 14.2. The number of esters is 1. The van der Waals surface area contributed by atoms with Crippen LogP contribution in [0.5, 0.6) is 0 Å². The Hall–Kier alpha value is -1.47. The maximum Gasteiger partial charge on any atom is 0.387 e. The first kappa shape index (κ1) is 14.0. The summed E-state index contributed by atoms with van der Waals surface area (Å²) in [5.74, 6) is -1.78. The molecule has 0 bridgehead atoms. The van der Waals surface area contributed by atoms with Crippen molar-refractivity contribution >= 4 is 39.4 Å². The molecule has 0 saturated heterocycles. The SMILES string of the molecule is CCOC(=O)C1C(=O)N=c2cc(Cl)c(Br)cc2=[N+]1[O-]. The largest absolute Gasteiger partial charge is 0.622 e. The smallest absolute Gasteiger partial charge is 0.387 e. The van der Waals surface area contributed by atoms with Crippen LogP contribution in [0.25, 0.3) is 0 Å². The molecular weight excluding hydrogens is 339 g/mol. The van der Waals surface area contributed by atoms with Crippen molar-refractivity contribution in [1.29, 1.82) is 0 Å². The molecule has 1 aromatic rings. The zero-order valence-electron chi connectivity index (χ0n) is 9.72. The number of rotatable bonds is 2. The molecule has 6 nitrogen and oxygen atoms in total. The Morgan fingerprint density at radius 2 is 2.32 bits per heavy atom. The molecule has 0 aromatic heterocycles. The number of ether oxygens (including phenoxy) is 1. The molecule has 0 saturated carbocycles. The minimum absolute atomic E-state index is 0.0770. The number of hydrogen-bond acceptors (Lipinski definition) is 4. The van der Waals surface area contributed by atoms with Gasteiger partial charge in [0.2, 0.25) is 5.36 Å². The summed E-state index contributed by atoms with van der Waals surface area (Å²) in [4.78, 5) is 27.0. The van der Waals surface area contributed by atoms with Crippen LogP contribution < -0.4 is 15.5 Å². The number of carbonyl (C=O) groups excluding carboxylic acids is 2. The standard InChI is InChI=1S/C11H8BrClN2O4/c1-2-19-11(17)9-10(16)14-7-4-6(13)5(12)3-8(7)15(9)18/h3-4,9H,2H2,1H3. The first-order valence-corrected chi connectivity index (χ1v) is 6.50. The third-order valence-corrected chi connectivity index (χ3v) is 3.66. The molecule has 1 heterocycles. The summed E-state index contributed by atoms with van der Waals surface area (Å²) in [6.45, 7) is 1.66. The Kier molecular flexibility index (Phi) is 3.86. The van der Waals surface area contributed by atoms with Gasteiger partial charge in [0.25, 0.3) is 0 Å². The van der Waals surface area contributed by atoms with E-state index < -0.39 is 17.9 Å². The zero-order valence-corrected chi connectivity index (χ0v) is 12.1. The minimum Gasteiger partial charge on any atom is -0.622 e. The van der Waals surface area contributed by atoms with E-state index in [0.717, 1.165) is 0 Å². The molecule has 1 aromatic carbocycles. The van der Waals surface area contributed by atoms with E-state index in [4.69, 9.17) is 16.3 Å². The first-order chi connectivity index (χ1) is 8.95. The van der Waals surface area contributed by atoms with Crippen molar-refractivity contribution in [2.45, 2.75) is 13.0 Å². The second-order valence-electron chi connectivity index (χ2n) is 3.69. The van der Waals surface area contributed by atoms with Crippen molar-refractivity contribution in [3.05, 3.63) is 37.5 Å². The monoisotopic (exact) mass is 346 g/mol. The van der Waals surface area contributed by atoms with Gasteiger partial charge in [0.05, 0.1) is 11.6 Å². The molecular formula is C11H8BrClN2O4. The highest BCUT2D eigenvalue weighted by Gasteiger charge is 2.38. The van der Waals surface area contributed by atoms with Crippen LogP contribution in [0.3, 0.4) is 0 Å². The summed E-state index contributed by atoms with van der Waals surface area (Å²) in [6, 6.07) is 1.19. The number of halogens is 2. The van der Waals surface area contributed by atoms with Crippen molar-refractivity contribution in [3.8, 4) is 0 Å². The van der Waals surface area contributed by atoms with Gasteiger partial charge in [-0.3, -0.25) is 4.79 Å². The van der Waals surface area contributed by atoms with E-state index >= 15 is 0 Å². The molecule has 0 radical (unpaired) electrons. The van der Waals surface area contributed by atoms with E-state index in [1.165, 1.54) is 12.1 Å². The lowest BCUT2D eigenvalue weighted by atomic mass is 10.2. The molecule has 1 aliphatic heterocycles. The molecule has 1 aliphatic rings. The Bertz CT molecular complexity index is 689. The van der Waals surface area contributed by atoms with Crippen LogP contribution in [0.4, 0.5) is 0 Å². The maximum atomic E-state index is 12.1. The highest BCUT2D eigenvalue weighted by molar-refractivity contribution is 9.10. The van der Waals surface area contributed by atoms with Gasteiger partial charge in [-0.25, -0.2) is 9.79 Å². The van der Waals surface area contributed by atoms with Gasteiger partial charge in [0.1, 0.15) is 5.36 Å². The first-order valence-electron chi connectivity index (χ1n) is 5.33. The Morgan fingerprint density at radius 1 is 1.63 bits per heavy atom. The molecule has 0 N–H and O–H groups in total. The van der Waals surface area contributed by atoms with Crippen LogP contribution >= 0.6 is 27.5 Å². The average Bonchev–Trinajstić information content (AvgIpc) is 2.32. The lowest BCUT2D eigenvalue weighted by Gasteiger charge is -2.15. The number of benzene rings is 1. The molecule has 8 heteroatoms. The van der Waals surface area contributed by atoms with Gasteiger partial charge in [-0.1, -0.05) is 11.6 Å². The summed E-state index contributed by atoms with van der Waals surface area (Å²) >= 11 is 9.02. The van der Waals surface area contributed by atoms with Crippen molar-refractivity contribution in [1.82, 2.24) is 4.74 Å². The van der Waals surface area contributed by atoms with Gasteiger partial charge in [-0.15, -0.1) is 0 Å². The highest BCUT2D eigenvalue weighted by Crippen LogP contribution is 2.17. The van der Waals surface area contributed by atoms with Gasteiger partial charge >= 0.3 is 17.9 Å². The Labute approximate surface area is 121 Å². The molecule has 100 valence electrons. The summed E-state index contributed by atoms with van der Waals surface area (Å²) in [5.41, 5.74) is 0. The molecule has 0 fully saturated rings. The van der Waals surface area contributed by atoms with Crippen LogP contribution in [0, 0.1) is 5.21 Å². The predicted octanol–water partition coefficient (Wildman–Crippen LogP) is 0.183. The number of hydroxylamine groups is 1. The van der Waals surface area contributed by atoms with E-state index in [0.29, 0.717) is 14.2 Å². The van der Waals surface area contributed by atoms with E-state index in [1.807, 2.05) is 0 Å². The number of amides is 1. The molecule has 1 unspecified atom stereocenters. The van der Waals surface area contributed by atoms with Crippen LogP contribution in [0.1, 0.15) is 6.92 Å². The lowest BCUT2D eigenvalue weighted by molar-refractivity contribution is -0.149. The molecule has 1 atom stereocenters. The van der Waals surface area contributed by atoms with Gasteiger partial charge in [0.15, 0.2) is 0 Å². The summed E-state index contributed by atoms with van der Waals surface area (Å²) in [6.07, 6.45) is 0. The van der Waals surface area contributed by atoms with Crippen molar-refractivity contribution in [2.24, 2.45) is 4.99 Å². The topological polar surface area (TPSA) is 81.8 Å². The highest BCUT2D eigenvalue weighted by atomic mass is 79.9. The summed E-state index contributed by atoms with van der Waals surface area (Å²) in [5, 5.41) is 12.6. The number of nitrogens with zero attached hydrogens (tertiary/aromatic N) is 2. The van der Waals surface area contributed by atoms with Crippen LogP contribution in [-0.4, -0.2) is 24.5 Å². The van der Waals surface area contributed by atoms with Crippen LogP contribution in [0.15, 0.2) is 21.6 Å². The quantitative estimate of drug-likeness (QED) is 0.331. The third-order valence-electron chi connectivity index (χ3n) is 2.46. The summed E-state index contributed by atoms with van der Waals surface area (Å²) in [7, 11) is 0. The third kappa shape index (κ3) is 2.48. The lowest BCUT2D eigenvalue weighted by Crippen LogP contribution is -2.54. The second kappa shape index (κ2) is 5.26. The minimum atomic E-state index is -1.60. The molecule has 19 heavy (non-hydrogen) atoms. The number of carbonyl (C=O) groups is 2. The van der Waals surface area contributed by atoms with Gasteiger partial charge in [0, 0.05) is 10.5 Å². The van der Waals surface area contributed by atoms with Crippen LogP contribution in [-0.2, 0) is 14.3 Å². The molecule has 1 amide bonds. The fraction of sp³-hybridized carbons (Fsp3) is 0.273. The van der Waals surface area contributed by atoms with Gasteiger partial charge in [-0.05, 0) is 28.9 Å².